The molecule has 0 radical (unpaired) electrons. The second-order valence-corrected chi connectivity index (χ2v) is 10.8. The molecule has 0 saturated heterocycles. The number of primary amides is 1. The summed E-state index contributed by atoms with van der Waals surface area (Å²) in [5.41, 5.74) is 4.15. The lowest BCUT2D eigenvalue weighted by atomic mass is 10.1. The lowest BCUT2D eigenvalue weighted by Gasteiger charge is -2.15. The van der Waals surface area contributed by atoms with Crippen LogP contribution >= 0.6 is 0 Å². The Bertz CT molecular complexity index is 1950. The van der Waals surface area contributed by atoms with Crippen molar-refractivity contribution in [3.8, 4) is 34.2 Å². The minimum atomic E-state index is -4.71. The standard InChI is InChI=1S/C29H21F6N9O/c30-28(31,32)21-11-19(14-5-6-14)43(41-21)26-16(3-1-9-37-26)18-13-39-24(25(36)45)23(40-18)17-4-2-10-38-27(17)44-20(15-7-8-15)12-22(42-44)29(33,34)35/h1-4,9-15H,5-8H2,(H2,36,45). The Kier molecular flexibility index (Phi) is 6.49. The van der Waals surface area contributed by atoms with Gasteiger partial charge in [-0.25, -0.2) is 29.3 Å². The van der Waals surface area contributed by atoms with Gasteiger partial charge in [-0.15, -0.1) is 0 Å². The number of pyridine rings is 2. The van der Waals surface area contributed by atoms with Gasteiger partial charge in [0.25, 0.3) is 5.91 Å². The topological polar surface area (TPSA) is 130 Å². The summed E-state index contributed by atoms with van der Waals surface area (Å²) >= 11 is 0. The molecule has 230 valence electrons. The van der Waals surface area contributed by atoms with Crippen LogP contribution in [-0.4, -0.2) is 45.4 Å². The fourth-order valence-corrected chi connectivity index (χ4v) is 5.15. The van der Waals surface area contributed by atoms with Crippen LogP contribution in [0.5, 0.6) is 0 Å². The van der Waals surface area contributed by atoms with Gasteiger partial charge in [0, 0.05) is 46.7 Å². The maximum absolute atomic E-state index is 13.7. The Morgan fingerprint density at radius 2 is 1.24 bits per heavy atom. The van der Waals surface area contributed by atoms with Gasteiger partial charge in [-0.1, -0.05) is 0 Å². The summed E-state index contributed by atoms with van der Waals surface area (Å²) in [4.78, 5) is 30.0. The maximum Gasteiger partial charge on any atom is 0.435 e. The smallest absolute Gasteiger partial charge is 0.364 e. The number of nitrogens with zero attached hydrogens (tertiary/aromatic N) is 8. The monoisotopic (exact) mass is 625 g/mol. The molecule has 7 rings (SSSR count). The summed E-state index contributed by atoms with van der Waals surface area (Å²) in [5, 5.41) is 7.64. The van der Waals surface area contributed by atoms with E-state index in [1.165, 1.54) is 30.7 Å². The lowest BCUT2D eigenvalue weighted by molar-refractivity contribution is -0.142. The van der Waals surface area contributed by atoms with E-state index < -0.39 is 29.6 Å². The average molecular weight is 626 g/mol. The molecule has 5 heterocycles. The molecule has 5 aromatic heterocycles. The first kappa shape index (κ1) is 28.6. The third-order valence-corrected chi connectivity index (χ3v) is 7.56. The zero-order chi connectivity index (χ0) is 31.7. The zero-order valence-corrected chi connectivity index (χ0v) is 23.0. The lowest BCUT2D eigenvalue weighted by Crippen LogP contribution is -2.17. The highest BCUT2D eigenvalue weighted by molar-refractivity contribution is 5.98. The van der Waals surface area contributed by atoms with Crippen molar-refractivity contribution in [1.29, 1.82) is 0 Å². The SMILES string of the molecule is NC(=O)c1ncc(-c2cccnc2-n2nc(C(F)(F)F)cc2C2CC2)nc1-c1cccnc1-n1nc(C(F)(F)F)cc1C1CC1. The van der Waals surface area contributed by atoms with E-state index in [4.69, 9.17) is 5.73 Å². The molecule has 0 spiro atoms. The number of nitrogens with two attached hydrogens (primary N) is 1. The molecule has 2 aliphatic rings. The van der Waals surface area contributed by atoms with Gasteiger partial charge in [0.05, 0.1) is 11.9 Å². The molecule has 5 aromatic rings. The molecule has 45 heavy (non-hydrogen) atoms. The predicted octanol–water partition coefficient (Wildman–Crippen LogP) is 5.86. The maximum atomic E-state index is 13.7. The Balaban J connectivity index is 1.40. The van der Waals surface area contributed by atoms with E-state index in [1.807, 2.05) is 0 Å². The van der Waals surface area contributed by atoms with Crippen molar-refractivity contribution in [2.45, 2.75) is 49.9 Å². The molecule has 1 amide bonds. The molecule has 16 heteroatoms. The third kappa shape index (κ3) is 5.29. The number of carbonyl (C=O) groups is 1. The summed E-state index contributed by atoms with van der Waals surface area (Å²) in [6, 6.07) is 8.08. The van der Waals surface area contributed by atoms with E-state index in [-0.39, 0.29) is 51.7 Å². The van der Waals surface area contributed by atoms with Crippen molar-refractivity contribution in [1.82, 2.24) is 39.5 Å². The summed E-state index contributed by atoms with van der Waals surface area (Å²) in [6.45, 7) is 0. The zero-order valence-electron chi connectivity index (χ0n) is 23.0. The Labute approximate surface area is 250 Å². The van der Waals surface area contributed by atoms with Crippen molar-refractivity contribution < 1.29 is 31.1 Å². The number of halogens is 6. The van der Waals surface area contributed by atoms with Crippen LogP contribution < -0.4 is 5.73 Å². The number of rotatable bonds is 7. The number of hydrogen-bond donors (Lipinski definition) is 1. The fraction of sp³-hybridized carbons (Fsp3) is 0.276. The molecule has 2 saturated carbocycles. The van der Waals surface area contributed by atoms with Gasteiger partial charge in [-0.05, 0) is 62.1 Å². The first-order chi connectivity index (χ1) is 21.4. The summed E-state index contributed by atoms with van der Waals surface area (Å²) in [6.07, 6.45) is -2.70. The van der Waals surface area contributed by atoms with E-state index in [0.29, 0.717) is 37.1 Å². The molecule has 2 N–H and O–H groups in total. The minimum Gasteiger partial charge on any atom is -0.364 e. The van der Waals surface area contributed by atoms with Gasteiger partial charge in [-0.3, -0.25) is 4.79 Å². The molecular formula is C29H21F6N9O. The van der Waals surface area contributed by atoms with Crippen molar-refractivity contribution in [3.63, 3.8) is 0 Å². The summed E-state index contributed by atoms with van der Waals surface area (Å²) in [7, 11) is 0. The van der Waals surface area contributed by atoms with Crippen LogP contribution in [-0.2, 0) is 12.4 Å². The Morgan fingerprint density at radius 3 is 1.71 bits per heavy atom. The van der Waals surface area contributed by atoms with Crippen LogP contribution in [0.1, 0.15) is 70.8 Å². The van der Waals surface area contributed by atoms with E-state index in [1.54, 1.807) is 12.1 Å². The highest BCUT2D eigenvalue weighted by atomic mass is 19.4. The van der Waals surface area contributed by atoms with Crippen LogP contribution in [0.15, 0.2) is 55.0 Å². The number of hydrogen-bond acceptors (Lipinski definition) is 7. The van der Waals surface area contributed by atoms with Crippen LogP contribution in [0.3, 0.4) is 0 Å². The number of amides is 1. The second-order valence-electron chi connectivity index (χ2n) is 10.8. The average Bonchev–Trinajstić information content (AvgIpc) is 3.94. The summed E-state index contributed by atoms with van der Waals surface area (Å²) < 4.78 is 84.3. The van der Waals surface area contributed by atoms with Crippen LogP contribution in [0.4, 0.5) is 26.3 Å². The number of alkyl halides is 6. The van der Waals surface area contributed by atoms with Gasteiger partial charge in [0.2, 0.25) is 0 Å². The van der Waals surface area contributed by atoms with Gasteiger partial charge in [0.15, 0.2) is 28.7 Å². The molecule has 0 aromatic carbocycles. The summed E-state index contributed by atoms with van der Waals surface area (Å²) in [5.74, 6) is -1.25. The first-order valence-corrected chi connectivity index (χ1v) is 13.8. The molecule has 2 aliphatic carbocycles. The highest BCUT2D eigenvalue weighted by Gasteiger charge is 2.40. The number of aromatic nitrogens is 8. The van der Waals surface area contributed by atoms with Crippen LogP contribution in [0.25, 0.3) is 34.2 Å². The van der Waals surface area contributed by atoms with Gasteiger partial charge < -0.3 is 5.73 Å². The second kappa shape index (κ2) is 10.2. The predicted molar refractivity (Wildman–Crippen MR) is 145 cm³/mol. The molecule has 0 bridgehead atoms. The van der Waals surface area contributed by atoms with E-state index >= 15 is 0 Å². The Hall–Kier alpha value is -5.15. The molecule has 2 fully saturated rings. The van der Waals surface area contributed by atoms with E-state index in [0.717, 1.165) is 21.5 Å². The van der Waals surface area contributed by atoms with Crippen molar-refractivity contribution >= 4 is 5.91 Å². The van der Waals surface area contributed by atoms with E-state index in [2.05, 4.69) is 30.1 Å². The molecular weight excluding hydrogens is 604 g/mol. The largest absolute Gasteiger partial charge is 0.435 e. The molecule has 0 unspecified atom stereocenters. The normalized spacial score (nSPS) is 15.4. The first-order valence-electron chi connectivity index (χ1n) is 13.8. The van der Waals surface area contributed by atoms with Gasteiger partial charge in [0.1, 0.15) is 5.69 Å². The van der Waals surface area contributed by atoms with Crippen LogP contribution in [0.2, 0.25) is 0 Å². The molecule has 0 atom stereocenters. The van der Waals surface area contributed by atoms with Crippen molar-refractivity contribution in [3.05, 3.63) is 83.5 Å². The van der Waals surface area contributed by atoms with Crippen LogP contribution in [0, 0.1) is 0 Å². The van der Waals surface area contributed by atoms with Crippen molar-refractivity contribution in [2.24, 2.45) is 5.73 Å². The van der Waals surface area contributed by atoms with Gasteiger partial charge in [-0.2, -0.15) is 36.5 Å². The van der Waals surface area contributed by atoms with Gasteiger partial charge >= 0.3 is 12.4 Å². The van der Waals surface area contributed by atoms with Crippen molar-refractivity contribution in [2.75, 3.05) is 0 Å². The quantitative estimate of drug-likeness (QED) is 0.224. The fourth-order valence-electron chi connectivity index (χ4n) is 5.15. The highest BCUT2D eigenvalue weighted by Crippen LogP contribution is 2.45. The number of carbonyl (C=O) groups excluding carboxylic acids is 1. The molecule has 0 aliphatic heterocycles. The van der Waals surface area contributed by atoms with E-state index in [9.17, 15) is 31.1 Å². The third-order valence-electron chi connectivity index (χ3n) is 7.56. The Morgan fingerprint density at radius 1 is 0.756 bits per heavy atom. The minimum absolute atomic E-state index is 0.0341. The molecule has 10 nitrogen and oxygen atoms in total.